The van der Waals surface area contributed by atoms with Crippen LogP contribution in [0.1, 0.15) is 27.6 Å². The van der Waals surface area contributed by atoms with E-state index in [1.165, 1.54) is 0 Å². The van der Waals surface area contributed by atoms with E-state index in [9.17, 15) is 8.42 Å². The van der Waals surface area contributed by atoms with E-state index in [4.69, 9.17) is 6.57 Å². The van der Waals surface area contributed by atoms with Crippen LogP contribution in [0.15, 0.2) is 47.4 Å². The average Bonchev–Trinajstić information content (AvgIpc) is 2.42. The normalized spacial score (nSPS) is 12.7. The van der Waals surface area contributed by atoms with Crippen molar-refractivity contribution >= 4 is 9.84 Å². The number of hydrogen-bond acceptors (Lipinski definition) is 2. The zero-order valence-corrected chi connectivity index (χ0v) is 13.1. The van der Waals surface area contributed by atoms with Crippen LogP contribution in [0.4, 0.5) is 0 Å². The minimum atomic E-state index is -3.71. The second-order valence-electron chi connectivity index (χ2n) is 5.20. The van der Waals surface area contributed by atoms with Crippen LogP contribution in [-0.2, 0) is 9.84 Å². The van der Waals surface area contributed by atoms with Gasteiger partial charge in [-0.05, 0) is 44.5 Å². The summed E-state index contributed by atoms with van der Waals surface area (Å²) in [5.41, 5.74) is 3.41. The Kier molecular flexibility index (Phi) is 4.15. The van der Waals surface area contributed by atoms with Gasteiger partial charge in [0.25, 0.3) is 9.84 Å². The molecule has 108 valence electrons. The highest BCUT2D eigenvalue weighted by atomic mass is 32.2. The van der Waals surface area contributed by atoms with Crippen molar-refractivity contribution < 1.29 is 8.42 Å². The van der Waals surface area contributed by atoms with Crippen molar-refractivity contribution in [2.45, 2.75) is 31.0 Å². The minimum absolute atomic E-state index is 0.189. The SMILES string of the molecule is [C-]#[N+][C@@H](c1ccc(C)cc1C)S(=O)(=O)c1ccc(C)cc1. The van der Waals surface area contributed by atoms with Crippen LogP contribution >= 0.6 is 0 Å². The predicted molar refractivity (Wildman–Crippen MR) is 83.6 cm³/mol. The highest BCUT2D eigenvalue weighted by molar-refractivity contribution is 7.91. The van der Waals surface area contributed by atoms with Crippen LogP contribution in [0.3, 0.4) is 0 Å². The lowest BCUT2D eigenvalue weighted by Crippen LogP contribution is -2.12. The Hall–Kier alpha value is -2.12. The lowest BCUT2D eigenvalue weighted by molar-refractivity contribution is 0.590. The van der Waals surface area contributed by atoms with Gasteiger partial charge in [-0.1, -0.05) is 35.4 Å². The Morgan fingerprint density at radius 3 is 2.05 bits per heavy atom. The van der Waals surface area contributed by atoms with Crippen LogP contribution in [0.2, 0.25) is 0 Å². The largest absolute Gasteiger partial charge is 0.350 e. The van der Waals surface area contributed by atoms with Crippen molar-refractivity contribution in [3.05, 3.63) is 76.1 Å². The molecule has 0 N–H and O–H groups in total. The standard InChI is InChI=1S/C17H17NO2S/c1-12-5-8-15(9-6-12)21(19,20)17(18-4)16-10-7-13(2)11-14(16)3/h5-11,17H,1-3H3/t17-/m1/s1. The highest BCUT2D eigenvalue weighted by Crippen LogP contribution is 2.32. The maximum absolute atomic E-state index is 12.7. The second kappa shape index (κ2) is 5.71. The van der Waals surface area contributed by atoms with E-state index in [0.717, 1.165) is 16.7 Å². The summed E-state index contributed by atoms with van der Waals surface area (Å²) in [5, 5.41) is -1.19. The molecule has 0 aliphatic heterocycles. The number of aryl methyl sites for hydroxylation is 3. The fourth-order valence-corrected chi connectivity index (χ4v) is 3.78. The van der Waals surface area contributed by atoms with Gasteiger partial charge in [0.2, 0.25) is 0 Å². The average molecular weight is 299 g/mol. The molecule has 0 unspecified atom stereocenters. The van der Waals surface area contributed by atoms with Gasteiger partial charge in [0.05, 0.1) is 10.5 Å². The molecule has 0 saturated heterocycles. The van der Waals surface area contributed by atoms with Crippen LogP contribution in [0, 0.1) is 27.3 Å². The van der Waals surface area contributed by atoms with E-state index in [1.54, 1.807) is 30.3 Å². The molecule has 0 amide bonds. The van der Waals surface area contributed by atoms with E-state index < -0.39 is 15.2 Å². The van der Waals surface area contributed by atoms with Crippen molar-refractivity contribution in [3.8, 4) is 0 Å². The summed E-state index contributed by atoms with van der Waals surface area (Å²) in [6, 6.07) is 12.1. The molecular formula is C17H17NO2S. The predicted octanol–water partition coefficient (Wildman–Crippen LogP) is 4.00. The topological polar surface area (TPSA) is 38.5 Å². The highest BCUT2D eigenvalue weighted by Gasteiger charge is 2.35. The maximum Gasteiger partial charge on any atom is 0.350 e. The molecule has 0 heterocycles. The lowest BCUT2D eigenvalue weighted by Gasteiger charge is -2.11. The molecule has 0 fully saturated rings. The van der Waals surface area contributed by atoms with E-state index in [-0.39, 0.29) is 4.90 Å². The summed E-state index contributed by atoms with van der Waals surface area (Å²) < 4.78 is 25.4. The molecule has 0 aliphatic carbocycles. The fourth-order valence-electron chi connectivity index (χ4n) is 2.27. The molecule has 3 nitrogen and oxygen atoms in total. The summed E-state index contributed by atoms with van der Waals surface area (Å²) in [4.78, 5) is 3.57. The van der Waals surface area contributed by atoms with Gasteiger partial charge in [-0.3, -0.25) is 4.85 Å². The molecule has 2 rings (SSSR count). The minimum Gasteiger partial charge on any atom is -0.291 e. The number of benzene rings is 2. The number of nitrogens with zero attached hydrogens (tertiary/aromatic N) is 1. The zero-order valence-electron chi connectivity index (χ0n) is 12.3. The molecule has 0 aromatic heterocycles. The van der Waals surface area contributed by atoms with Gasteiger partial charge in [0, 0.05) is 0 Å². The summed E-state index contributed by atoms with van der Waals surface area (Å²) in [5.74, 6) is 0. The lowest BCUT2D eigenvalue weighted by atomic mass is 10.1. The molecule has 1 atom stereocenters. The first-order chi connectivity index (χ1) is 9.86. The third kappa shape index (κ3) is 2.98. The summed E-state index contributed by atoms with van der Waals surface area (Å²) >= 11 is 0. The van der Waals surface area contributed by atoms with Crippen LogP contribution in [0.5, 0.6) is 0 Å². The molecule has 0 aliphatic rings. The first-order valence-corrected chi connectivity index (χ1v) is 8.15. The Morgan fingerprint density at radius 2 is 1.52 bits per heavy atom. The molecule has 2 aromatic carbocycles. The van der Waals surface area contributed by atoms with Gasteiger partial charge in [0.15, 0.2) is 0 Å². The Labute approximate surface area is 126 Å². The zero-order chi connectivity index (χ0) is 15.6. The van der Waals surface area contributed by atoms with E-state index in [0.29, 0.717) is 5.56 Å². The maximum atomic E-state index is 12.7. The smallest absolute Gasteiger partial charge is 0.291 e. The van der Waals surface area contributed by atoms with Crippen molar-refractivity contribution in [1.29, 1.82) is 0 Å². The van der Waals surface area contributed by atoms with E-state index >= 15 is 0 Å². The third-order valence-electron chi connectivity index (χ3n) is 3.45. The Bertz CT molecular complexity index is 800. The molecule has 0 radical (unpaired) electrons. The molecule has 2 aromatic rings. The van der Waals surface area contributed by atoms with E-state index in [1.807, 2.05) is 32.9 Å². The molecular weight excluding hydrogens is 282 g/mol. The van der Waals surface area contributed by atoms with Crippen molar-refractivity contribution in [2.75, 3.05) is 0 Å². The number of sulfone groups is 1. The van der Waals surface area contributed by atoms with Gasteiger partial charge in [0.1, 0.15) is 0 Å². The molecule has 0 spiro atoms. The van der Waals surface area contributed by atoms with Crippen LogP contribution in [-0.4, -0.2) is 8.42 Å². The van der Waals surface area contributed by atoms with Gasteiger partial charge in [-0.25, -0.2) is 15.0 Å². The molecule has 4 heteroatoms. The third-order valence-corrected chi connectivity index (χ3v) is 5.33. The Morgan fingerprint density at radius 1 is 0.952 bits per heavy atom. The number of rotatable bonds is 3. The molecule has 0 bridgehead atoms. The van der Waals surface area contributed by atoms with Gasteiger partial charge in [-0.2, -0.15) is 0 Å². The van der Waals surface area contributed by atoms with Crippen LogP contribution in [0.25, 0.3) is 4.85 Å². The van der Waals surface area contributed by atoms with Gasteiger partial charge >= 0.3 is 5.37 Å². The van der Waals surface area contributed by atoms with Gasteiger partial charge < -0.3 is 0 Å². The fraction of sp³-hybridized carbons (Fsp3) is 0.235. The molecule has 21 heavy (non-hydrogen) atoms. The Balaban J connectivity index is 2.55. The second-order valence-corrected chi connectivity index (χ2v) is 7.21. The summed E-state index contributed by atoms with van der Waals surface area (Å²) in [7, 11) is -3.71. The van der Waals surface area contributed by atoms with Gasteiger partial charge in [-0.15, -0.1) is 0 Å². The first-order valence-electron chi connectivity index (χ1n) is 6.60. The van der Waals surface area contributed by atoms with Crippen molar-refractivity contribution in [1.82, 2.24) is 0 Å². The quantitative estimate of drug-likeness (QED) is 0.803. The molecule has 0 saturated carbocycles. The monoisotopic (exact) mass is 299 g/mol. The summed E-state index contributed by atoms with van der Waals surface area (Å²) in [6.07, 6.45) is 0. The first kappa shape index (κ1) is 15.3. The van der Waals surface area contributed by atoms with Crippen molar-refractivity contribution in [3.63, 3.8) is 0 Å². The van der Waals surface area contributed by atoms with Crippen molar-refractivity contribution in [2.24, 2.45) is 0 Å². The van der Waals surface area contributed by atoms with Crippen LogP contribution < -0.4 is 0 Å². The van der Waals surface area contributed by atoms with E-state index in [2.05, 4.69) is 4.85 Å². The summed E-state index contributed by atoms with van der Waals surface area (Å²) in [6.45, 7) is 13.0. The number of hydrogen-bond donors (Lipinski definition) is 0.